The molecule has 5 nitrogen and oxygen atoms in total. The summed E-state index contributed by atoms with van der Waals surface area (Å²) in [6.07, 6.45) is 1.47. The quantitative estimate of drug-likeness (QED) is 0.839. The third kappa shape index (κ3) is 4.00. The monoisotopic (exact) mass is 289 g/mol. The van der Waals surface area contributed by atoms with Crippen molar-refractivity contribution in [1.82, 2.24) is 4.72 Å². The fourth-order valence-corrected chi connectivity index (χ4v) is 2.96. The Balaban J connectivity index is 3.08. The van der Waals surface area contributed by atoms with E-state index in [-0.39, 0.29) is 10.9 Å². The van der Waals surface area contributed by atoms with Crippen LogP contribution in [-0.2, 0) is 10.0 Å². The van der Waals surface area contributed by atoms with E-state index in [0.29, 0.717) is 6.42 Å². The highest BCUT2D eigenvalue weighted by molar-refractivity contribution is 7.89. The first kappa shape index (κ1) is 15.6. The molecule has 1 rings (SSSR count). The molecule has 0 spiro atoms. The Kier molecular flexibility index (Phi) is 5.02. The molecule has 0 saturated carbocycles. The molecule has 7 heteroatoms. The normalized spacial score (nSPS) is 13.2. The van der Waals surface area contributed by atoms with Gasteiger partial charge in [0.2, 0.25) is 10.0 Å². The fourth-order valence-electron chi connectivity index (χ4n) is 1.66. The summed E-state index contributed by atoms with van der Waals surface area (Å²) in [6, 6.07) is 2.43. The summed E-state index contributed by atoms with van der Waals surface area (Å²) in [5, 5.41) is 8.77. The first-order valence-corrected chi connectivity index (χ1v) is 7.31. The number of nitrogens with one attached hydrogen (secondary N) is 1. The van der Waals surface area contributed by atoms with Gasteiger partial charge in [-0.25, -0.2) is 22.3 Å². The molecule has 0 aromatic heterocycles. The lowest BCUT2D eigenvalue weighted by Crippen LogP contribution is -2.32. The molecule has 0 heterocycles. The minimum absolute atomic E-state index is 0.255. The summed E-state index contributed by atoms with van der Waals surface area (Å²) >= 11 is 0. The molecule has 0 aliphatic rings. The SMILES string of the molecule is CCC[C@H](C)NS(=O)(=O)c1ccc(F)c(C(=O)O)c1. The van der Waals surface area contributed by atoms with Crippen LogP contribution in [0.25, 0.3) is 0 Å². The number of carboxylic acids is 1. The molecule has 2 N–H and O–H groups in total. The van der Waals surface area contributed by atoms with Gasteiger partial charge in [0.1, 0.15) is 5.82 Å². The number of benzene rings is 1. The van der Waals surface area contributed by atoms with E-state index >= 15 is 0 Å². The van der Waals surface area contributed by atoms with Gasteiger partial charge in [-0.15, -0.1) is 0 Å². The predicted molar refractivity (Wildman–Crippen MR) is 68.1 cm³/mol. The Morgan fingerprint density at radius 2 is 2.11 bits per heavy atom. The minimum Gasteiger partial charge on any atom is -0.478 e. The lowest BCUT2D eigenvalue weighted by molar-refractivity contribution is 0.0691. The van der Waals surface area contributed by atoms with E-state index < -0.39 is 27.4 Å². The van der Waals surface area contributed by atoms with Crippen LogP contribution in [0.4, 0.5) is 4.39 Å². The molecule has 0 saturated heterocycles. The van der Waals surface area contributed by atoms with Gasteiger partial charge in [0.05, 0.1) is 10.5 Å². The number of carbonyl (C=O) groups is 1. The lowest BCUT2D eigenvalue weighted by Gasteiger charge is -2.13. The molecule has 1 aromatic rings. The number of sulfonamides is 1. The Labute approximate surface area is 111 Å². The molecule has 0 aliphatic carbocycles. The van der Waals surface area contributed by atoms with E-state index in [4.69, 9.17) is 5.11 Å². The van der Waals surface area contributed by atoms with Crippen molar-refractivity contribution in [3.63, 3.8) is 0 Å². The first-order valence-electron chi connectivity index (χ1n) is 5.83. The van der Waals surface area contributed by atoms with Gasteiger partial charge in [0, 0.05) is 6.04 Å². The van der Waals surface area contributed by atoms with Crippen molar-refractivity contribution < 1.29 is 22.7 Å². The molecule has 1 atom stereocenters. The standard InChI is InChI=1S/C12H16FNO4S/c1-3-4-8(2)14-19(17,18)9-5-6-11(13)10(7-9)12(15)16/h5-8,14H,3-4H2,1-2H3,(H,15,16)/t8-/m0/s1. The second kappa shape index (κ2) is 6.12. The van der Waals surface area contributed by atoms with Crippen molar-refractivity contribution in [1.29, 1.82) is 0 Å². The van der Waals surface area contributed by atoms with Crippen molar-refractivity contribution in [2.24, 2.45) is 0 Å². The van der Waals surface area contributed by atoms with Crippen molar-refractivity contribution >= 4 is 16.0 Å². The van der Waals surface area contributed by atoms with Crippen LogP contribution < -0.4 is 4.72 Å². The van der Waals surface area contributed by atoms with Crippen LogP contribution in [0.1, 0.15) is 37.0 Å². The Bertz CT molecular complexity index is 571. The smallest absolute Gasteiger partial charge is 0.338 e. The van der Waals surface area contributed by atoms with Crippen LogP contribution in [0.2, 0.25) is 0 Å². The summed E-state index contributed by atoms with van der Waals surface area (Å²) in [6.45, 7) is 3.63. The summed E-state index contributed by atoms with van der Waals surface area (Å²) in [7, 11) is -3.83. The maximum Gasteiger partial charge on any atom is 0.338 e. The summed E-state index contributed by atoms with van der Waals surface area (Å²) in [5.41, 5.74) is -0.661. The molecule has 0 aliphatic heterocycles. The van der Waals surface area contributed by atoms with Gasteiger partial charge in [-0.3, -0.25) is 0 Å². The molecule has 0 unspecified atom stereocenters. The van der Waals surface area contributed by atoms with Crippen molar-refractivity contribution in [2.75, 3.05) is 0 Å². The largest absolute Gasteiger partial charge is 0.478 e. The zero-order chi connectivity index (χ0) is 14.6. The minimum atomic E-state index is -3.83. The van der Waals surface area contributed by atoms with Gasteiger partial charge in [-0.1, -0.05) is 13.3 Å². The predicted octanol–water partition coefficient (Wildman–Crippen LogP) is 1.99. The van der Waals surface area contributed by atoms with Crippen LogP contribution >= 0.6 is 0 Å². The number of halogens is 1. The third-order valence-electron chi connectivity index (χ3n) is 2.56. The van der Waals surface area contributed by atoms with Gasteiger partial charge >= 0.3 is 5.97 Å². The maximum absolute atomic E-state index is 13.2. The van der Waals surface area contributed by atoms with E-state index in [1.165, 1.54) is 0 Å². The maximum atomic E-state index is 13.2. The zero-order valence-corrected chi connectivity index (χ0v) is 11.5. The molecule has 106 valence electrons. The summed E-state index contributed by atoms with van der Waals surface area (Å²) < 4.78 is 39.6. The highest BCUT2D eigenvalue weighted by Crippen LogP contribution is 2.16. The summed E-state index contributed by atoms with van der Waals surface area (Å²) in [4.78, 5) is 10.5. The van der Waals surface area contributed by atoms with Gasteiger partial charge in [-0.05, 0) is 31.5 Å². The topological polar surface area (TPSA) is 83.5 Å². The van der Waals surface area contributed by atoms with Gasteiger partial charge in [0.25, 0.3) is 0 Å². The van der Waals surface area contributed by atoms with E-state index in [2.05, 4.69) is 4.72 Å². The second-order valence-corrected chi connectivity index (χ2v) is 5.97. The van der Waals surface area contributed by atoms with E-state index in [1.54, 1.807) is 6.92 Å². The van der Waals surface area contributed by atoms with Crippen LogP contribution in [0.15, 0.2) is 23.1 Å². The van der Waals surface area contributed by atoms with E-state index in [9.17, 15) is 17.6 Å². The average Bonchev–Trinajstić information content (AvgIpc) is 2.28. The molecular weight excluding hydrogens is 273 g/mol. The molecule has 1 aromatic carbocycles. The number of carboxylic acid groups (broad SMARTS) is 1. The van der Waals surface area contributed by atoms with E-state index in [1.807, 2.05) is 6.92 Å². The van der Waals surface area contributed by atoms with Gasteiger partial charge in [-0.2, -0.15) is 0 Å². The molecule has 19 heavy (non-hydrogen) atoms. The van der Waals surface area contributed by atoms with Crippen molar-refractivity contribution in [3.8, 4) is 0 Å². The Morgan fingerprint density at radius 1 is 1.47 bits per heavy atom. The fraction of sp³-hybridized carbons (Fsp3) is 0.417. The highest BCUT2D eigenvalue weighted by atomic mass is 32.2. The number of rotatable bonds is 6. The Hall–Kier alpha value is -1.47. The van der Waals surface area contributed by atoms with E-state index in [0.717, 1.165) is 24.6 Å². The molecular formula is C12H16FNO4S. The molecule has 0 amide bonds. The number of hydrogen-bond acceptors (Lipinski definition) is 3. The zero-order valence-electron chi connectivity index (χ0n) is 10.7. The molecule has 0 fully saturated rings. The number of aromatic carboxylic acids is 1. The van der Waals surface area contributed by atoms with Gasteiger partial charge < -0.3 is 5.11 Å². The number of hydrogen-bond donors (Lipinski definition) is 2. The average molecular weight is 289 g/mol. The molecule has 0 bridgehead atoms. The van der Waals surface area contributed by atoms with Crippen LogP contribution in [0, 0.1) is 5.82 Å². The highest BCUT2D eigenvalue weighted by Gasteiger charge is 2.20. The third-order valence-corrected chi connectivity index (χ3v) is 4.14. The lowest BCUT2D eigenvalue weighted by atomic mass is 10.2. The van der Waals surface area contributed by atoms with Crippen LogP contribution in [0.5, 0.6) is 0 Å². The van der Waals surface area contributed by atoms with Crippen LogP contribution in [0.3, 0.4) is 0 Å². The Morgan fingerprint density at radius 3 is 2.63 bits per heavy atom. The first-order chi connectivity index (χ1) is 8.77. The van der Waals surface area contributed by atoms with Crippen molar-refractivity contribution in [3.05, 3.63) is 29.6 Å². The summed E-state index contributed by atoms with van der Waals surface area (Å²) in [5.74, 6) is -2.47. The van der Waals surface area contributed by atoms with Gasteiger partial charge in [0.15, 0.2) is 0 Å². The van der Waals surface area contributed by atoms with Crippen LogP contribution in [-0.4, -0.2) is 25.5 Å². The van der Waals surface area contributed by atoms with Crippen molar-refractivity contribution in [2.45, 2.75) is 37.6 Å². The molecule has 0 radical (unpaired) electrons. The second-order valence-electron chi connectivity index (χ2n) is 4.26.